The van der Waals surface area contributed by atoms with E-state index in [1.807, 2.05) is 0 Å². The summed E-state index contributed by atoms with van der Waals surface area (Å²) in [7, 11) is 0. The maximum absolute atomic E-state index is 2.58. The van der Waals surface area contributed by atoms with E-state index >= 15 is 0 Å². The first kappa shape index (κ1) is 51.6. The quantitative estimate of drug-likeness (QED) is 0.120. The molecule has 0 spiro atoms. The van der Waals surface area contributed by atoms with Crippen LogP contribution in [0.15, 0.2) is 182 Å². The molecule has 11 aromatic carbocycles. The number of hydrogen-bond acceptors (Lipinski definition) is 0. The third-order valence-corrected chi connectivity index (χ3v) is 21.2. The molecule has 0 amide bonds. The van der Waals surface area contributed by atoms with Gasteiger partial charge in [0, 0.05) is 16.2 Å². The maximum atomic E-state index is 2.58. The van der Waals surface area contributed by atoms with Gasteiger partial charge in [-0.15, -0.1) is 0 Å². The molecule has 11 aromatic rings. The van der Waals surface area contributed by atoms with Crippen LogP contribution in [0.25, 0.3) is 110 Å². The van der Waals surface area contributed by atoms with Crippen LogP contribution in [0.2, 0.25) is 0 Å². The fraction of sp³-hybridized carbons (Fsp3) is 0.284. The number of fused-ring (bicyclic) bond motifs is 9. The minimum atomic E-state index is -0.0865. The predicted molar refractivity (Wildman–Crippen MR) is 350 cm³/mol. The van der Waals surface area contributed by atoms with E-state index in [0.717, 1.165) is 38.5 Å². The van der Waals surface area contributed by atoms with Crippen molar-refractivity contribution in [2.75, 3.05) is 0 Å². The molecule has 0 unspecified atom stereocenters. The molecule has 402 valence electrons. The molecule has 0 N–H and O–H groups in total. The van der Waals surface area contributed by atoms with Crippen LogP contribution >= 0.6 is 0 Å². The van der Waals surface area contributed by atoms with Gasteiger partial charge < -0.3 is 0 Å². The molecule has 3 aliphatic carbocycles. The molecule has 0 fully saturated rings. The second kappa shape index (κ2) is 18.2. The molecule has 0 heterocycles. The van der Waals surface area contributed by atoms with Gasteiger partial charge in [-0.1, -0.05) is 229 Å². The molecule has 0 nitrogen and oxygen atoms in total. The monoisotopic (exact) mass is 1050 g/mol. The summed E-state index contributed by atoms with van der Waals surface area (Å²) in [6.07, 6.45) is 6.37. The van der Waals surface area contributed by atoms with E-state index in [9.17, 15) is 0 Å². The highest BCUT2D eigenvalue weighted by Gasteiger charge is 2.44. The first-order valence-electron chi connectivity index (χ1n) is 30.8. The molecule has 0 saturated heterocycles. The average molecular weight is 1050 g/mol. The molecule has 0 aromatic heterocycles. The van der Waals surface area contributed by atoms with Crippen molar-refractivity contribution in [1.82, 2.24) is 0 Å². The van der Waals surface area contributed by atoms with E-state index in [0.29, 0.717) is 0 Å². The second-order valence-electron chi connectivity index (χ2n) is 26.7. The van der Waals surface area contributed by atoms with E-state index in [1.54, 1.807) is 0 Å². The summed E-state index contributed by atoms with van der Waals surface area (Å²) < 4.78 is 0. The summed E-state index contributed by atoms with van der Waals surface area (Å²) in [5.74, 6) is 0. The lowest BCUT2D eigenvalue weighted by atomic mass is 9.71. The molecule has 0 atom stereocenters. The lowest BCUT2D eigenvalue weighted by Gasteiger charge is -2.32. The van der Waals surface area contributed by atoms with Gasteiger partial charge in [0.15, 0.2) is 0 Å². The van der Waals surface area contributed by atoms with Crippen molar-refractivity contribution in [2.24, 2.45) is 0 Å². The summed E-state index contributed by atoms with van der Waals surface area (Å²) in [5, 5.41) is 8.03. The van der Waals surface area contributed by atoms with Gasteiger partial charge in [0.1, 0.15) is 0 Å². The van der Waals surface area contributed by atoms with Gasteiger partial charge >= 0.3 is 0 Å². The van der Waals surface area contributed by atoms with Crippen molar-refractivity contribution in [2.45, 2.75) is 149 Å². The minimum absolute atomic E-state index is 0.0124. The van der Waals surface area contributed by atoms with E-state index < -0.39 is 0 Å². The van der Waals surface area contributed by atoms with Crippen LogP contribution in [0.4, 0.5) is 0 Å². The summed E-state index contributed by atoms with van der Waals surface area (Å²) in [6, 6.07) is 72.5. The zero-order valence-corrected chi connectivity index (χ0v) is 50.1. The molecule has 0 radical (unpaired) electrons. The van der Waals surface area contributed by atoms with Crippen molar-refractivity contribution < 1.29 is 0 Å². The van der Waals surface area contributed by atoms with Crippen LogP contribution in [0.3, 0.4) is 0 Å². The van der Waals surface area contributed by atoms with Gasteiger partial charge in [-0.25, -0.2) is 0 Å². The Kier molecular flexibility index (Phi) is 11.6. The van der Waals surface area contributed by atoms with Crippen molar-refractivity contribution >= 4 is 32.3 Å². The van der Waals surface area contributed by atoms with Gasteiger partial charge in [-0.05, 0) is 240 Å². The molecular formula is C81H78. The standard InChI is InChI=1S/C81H78/c1-13-79(14-2)69-43-51(50-20-19-21-56(40-50)61-32-24-49-22-23-57-41-60(78(10,11)12)42-58-30-38-68(61)76(49)75(57)58)25-33-62(69)63-34-26-52(44-70(63)79)53-27-35-64-65-36-28-54(46-72(65)80(15-3,16-4)71(64)45-53)55-29-37-66-67-39-31-59(77(7,8)9)48-74(67)81(17-5,18-6)73(66)47-55/h19-48H,13-18H2,1-12H3. The normalized spacial score (nSPS) is 15.3. The highest BCUT2D eigenvalue weighted by Crippen LogP contribution is 2.59. The van der Waals surface area contributed by atoms with Gasteiger partial charge in [-0.2, -0.15) is 0 Å². The molecule has 0 bridgehead atoms. The summed E-state index contributed by atoms with van der Waals surface area (Å²) in [4.78, 5) is 0. The number of hydrogen-bond donors (Lipinski definition) is 0. The van der Waals surface area contributed by atoms with E-state index in [2.05, 4.69) is 265 Å². The van der Waals surface area contributed by atoms with Crippen LogP contribution in [0.1, 0.15) is 166 Å². The lowest BCUT2D eigenvalue weighted by molar-refractivity contribution is 0.488. The molecular weight excluding hydrogens is 973 g/mol. The Labute approximate surface area is 482 Å². The van der Waals surface area contributed by atoms with E-state index in [-0.39, 0.29) is 27.1 Å². The van der Waals surface area contributed by atoms with Gasteiger partial charge in [0.25, 0.3) is 0 Å². The van der Waals surface area contributed by atoms with E-state index in [4.69, 9.17) is 0 Å². The molecule has 81 heavy (non-hydrogen) atoms. The third kappa shape index (κ3) is 7.33. The summed E-state index contributed by atoms with van der Waals surface area (Å²) >= 11 is 0. The SMILES string of the molecule is CCC1(CC)c2cc(-c3cccc(-c4ccc5ccc6cc(C(C)(C)C)cc7ccc4c5c67)c3)ccc2-c2ccc(-c3ccc4c(c3)C(CC)(CC)c3cc(-c5ccc6c(c5)C(CC)(CC)c5cc(C(C)(C)C)ccc5-6)ccc3-4)cc21. The van der Waals surface area contributed by atoms with Crippen molar-refractivity contribution in [3.8, 4) is 77.9 Å². The predicted octanol–water partition coefficient (Wildman–Crippen LogP) is 23.1. The average Bonchev–Trinajstić information content (AvgIpc) is 4.30. The van der Waals surface area contributed by atoms with Gasteiger partial charge in [-0.3, -0.25) is 0 Å². The first-order valence-corrected chi connectivity index (χ1v) is 30.8. The first-order chi connectivity index (χ1) is 39.0. The van der Waals surface area contributed by atoms with Crippen LogP contribution in [-0.2, 0) is 27.1 Å². The Morgan fingerprint density at radius 1 is 0.259 bits per heavy atom. The molecule has 14 rings (SSSR count). The van der Waals surface area contributed by atoms with Gasteiger partial charge in [0.2, 0.25) is 0 Å². The third-order valence-electron chi connectivity index (χ3n) is 21.2. The Bertz CT molecular complexity index is 4350. The van der Waals surface area contributed by atoms with Crippen LogP contribution < -0.4 is 0 Å². The smallest absolute Gasteiger partial charge is 0.0210 e. The van der Waals surface area contributed by atoms with Crippen LogP contribution in [-0.4, -0.2) is 0 Å². The van der Waals surface area contributed by atoms with Crippen molar-refractivity contribution in [3.05, 3.63) is 226 Å². The van der Waals surface area contributed by atoms with E-state index in [1.165, 1.54) is 155 Å². The zero-order chi connectivity index (χ0) is 56.1. The number of rotatable bonds is 10. The Morgan fingerprint density at radius 2 is 0.580 bits per heavy atom. The Balaban J connectivity index is 0.793. The molecule has 3 aliphatic rings. The lowest BCUT2D eigenvalue weighted by Crippen LogP contribution is -2.24. The largest absolute Gasteiger partial charge is 0.0642 e. The summed E-state index contributed by atoms with van der Waals surface area (Å²) in [5.41, 5.74) is 30.6. The Hall–Kier alpha value is -7.54. The van der Waals surface area contributed by atoms with Crippen molar-refractivity contribution in [1.29, 1.82) is 0 Å². The van der Waals surface area contributed by atoms with Crippen LogP contribution in [0, 0.1) is 0 Å². The molecule has 0 heteroatoms. The fourth-order valence-electron chi connectivity index (χ4n) is 16.3. The summed E-state index contributed by atoms with van der Waals surface area (Å²) in [6.45, 7) is 28.4. The minimum Gasteiger partial charge on any atom is -0.0642 e. The highest BCUT2D eigenvalue weighted by atomic mass is 14.5. The van der Waals surface area contributed by atoms with Crippen LogP contribution in [0.5, 0.6) is 0 Å². The zero-order valence-electron chi connectivity index (χ0n) is 50.1. The maximum Gasteiger partial charge on any atom is 0.0210 e. The number of benzene rings is 11. The molecule has 0 saturated carbocycles. The topological polar surface area (TPSA) is 0 Å². The fourth-order valence-corrected chi connectivity index (χ4v) is 16.3. The Morgan fingerprint density at radius 3 is 0.975 bits per heavy atom. The van der Waals surface area contributed by atoms with Gasteiger partial charge in [0.05, 0.1) is 0 Å². The second-order valence-corrected chi connectivity index (χ2v) is 26.7. The highest BCUT2D eigenvalue weighted by molar-refractivity contribution is 6.25. The van der Waals surface area contributed by atoms with Crippen molar-refractivity contribution in [3.63, 3.8) is 0 Å². The molecule has 0 aliphatic heterocycles.